The summed E-state index contributed by atoms with van der Waals surface area (Å²) in [5.41, 5.74) is 4.24. The van der Waals surface area contributed by atoms with E-state index in [2.05, 4.69) is 10.4 Å². The number of aryl methyl sites for hydroxylation is 2. The molecule has 1 fully saturated rings. The second-order valence-electron chi connectivity index (χ2n) is 8.95. The fraction of sp³-hybridized carbons (Fsp3) is 0.385. The molecule has 1 aromatic heterocycles. The molecule has 35 heavy (non-hydrogen) atoms. The van der Waals surface area contributed by atoms with E-state index in [-0.39, 0.29) is 5.91 Å². The molecule has 0 atom stereocenters. The molecule has 0 saturated carbocycles. The Labute approximate surface area is 207 Å². The maximum atomic E-state index is 13.2. The second kappa shape index (κ2) is 10.2. The van der Waals surface area contributed by atoms with Crippen LogP contribution in [0.15, 0.2) is 47.4 Å². The highest BCUT2D eigenvalue weighted by atomic mass is 32.2. The highest BCUT2D eigenvalue weighted by Crippen LogP contribution is 2.27. The van der Waals surface area contributed by atoms with Gasteiger partial charge in [-0.2, -0.15) is 9.40 Å². The fourth-order valence-electron chi connectivity index (χ4n) is 4.47. The molecule has 4 rings (SSSR count). The number of anilines is 1. The largest absolute Gasteiger partial charge is 0.497 e. The number of nitrogens with zero attached hydrogens (tertiary/aromatic N) is 3. The molecule has 1 aliphatic rings. The molecule has 0 aliphatic carbocycles. The summed E-state index contributed by atoms with van der Waals surface area (Å²) >= 11 is 0. The van der Waals surface area contributed by atoms with E-state index in [1.807, 2.05) is 31.2 Å². The molecule has 0 bridgehead atoms. The molecule has 3 aromatic rings. The number of aromatic nitrogens is 2. The number of benzene rings is 2. The number of hydrogen-bond acceptors (Lipinski definition) is 5. The van der Waals surface area contributed by atoms with E-state index in [9.17, 15) is 13.2 Å². The number of ether oxygens (including phenoxy) is 1. The number of carbonyl (C=O) groups excluding carboxylic acids is 1. The first-order valence-corrected chi connectivity index (χ1v) is 13.2. The van der Waals surface area contributed by atoms with Gasteiger partial charge in [0.25, 0.3) is 5.91 Å². The van der Waals surface area contributed by atoms with E-state index in [1.54, 1.807) is 48.1 Å². The van der Waals surface area contributed by atoms with Crippen molar-refractivity contribution in [1.82, 2.24) is 14.1 Å². The Morgan fingerprint density at radius 3 is 2.34 bits per heavy atom. The van der Waals surface area contributed by atoms with Crippen molar-refractivity contribution in [3.05, 3.63) is 70.5 Å². The van der Waals surface area contributed by atoms with Gasteiger partial charge in [-0.1, -0.05) is 18.6 Å². The molecule has 1 saturated heterocycles. The van der Waals surface area contributed by atoms with Gasteiger partial charge in [0.05, 0.1) is 25.0 Å². The van der Waals surface area contributed by atoms with E-state index < -0.39 is 10.0 Å². The van der Waals surface area contributed by atoms with Crippen LogP contribution in [0.2, 0.25) is 0 Å². The van der Waals surface area contributed by atoms with Crippen molar-refractivity contribution in [3.63, 3.8) is 0 Å². The SMILES string of the molecule is COc1ccc(NC(=O)c2ccc(Cn3nc(C)c(S(=O)(=O)N4CCCCC4)c3C)cc2)c(C)c1. The van der Waals surface area contributed by atoms with Crippen LogP contribution in [0.4, 0.5) is 5.69 Å². The molecule has 1 aliphatic heterocycles. The molecule has 0 unspecified atom stereocenters. The summed E-state index contributed by atoms with van der Waals surface area (Å²) in [7, 11) is -1.96. The third kappa shape index (κ3) is 5.26. The lowest BCUT2D eigenvalue weighted by atomic mass is 10.1. The number of sulfonamides is 1. The molecule has 0 spiro atoms. The van der Waals surface area contributed by atoms with E-state index in [1.165, 1.54) is 0 Å². The zero-order valence-electron chi connectivity index (χ0n) is 20.7. The molecular weight excluding hydrogens is 464 g/mol. The summed E-state index contributed by atoms with van der Waals surface area (Å²) in [5, 5.41) is 7.46. The third-order valence-corrected chi connectivity index (χ3v) is 8.61. The summed E-state index contributed by atoms with van der Waals surface area (Å²) in [6.07, 6.45) is 2.85. The van der Waals surface area contributed by atoms with Gasteiger partial charge in [0, 0.05) is 24.3 Å². The normalized spacial score (nSPS) is 14.6. The van der Waals surface area contributed by atoms with E-state index in [0.29, 0.717) is 41.5 Å². The zero-order valence-corrected chi connectivity index (χ0v) is 21.5. The Morgan fingerprint density at radius 1 is 1.03 bits per heavy atom. The van der Waals surface area contributed by atoms with Crippen LogP contribution in [0.5, 0.6) is 5.75 Å². The molecule has 2 heterocycles. The lowest BCUT2D eigenvalue weighted by Crippen LogP contribution is -2.36. The number of hydrogen-bond donors (Lipinski definition) is 1. The van der Waals surface area contributed by atoms with Crippen molar-refractivity contribution in [2.45, 2.75) is 51.5 Å². The number of methoxy groups -OCH3 is 1. The first-order valence-electron chi connectivity index (χ1n) is 11.8. The number of carbonyl (C=O) groups is 1. The average molecular weight is 497 g/mol. The average Bonchev–Trinajstić information content (AvgIpc) is 3.14. The van der Waals surface area contributed by atoms with Crippen molar-refractivity contribution in [2.75, 3.05) is 25.5 Å². The number of piperidine rings is 1. The standard InChI is InChI=1S/C26H32N4O4S/c1-18-16-23(34-4)12-13-24(18)27-26(31)22-10-8-21(9-11-22)17-30-20(3)25(19(2)28-30)35(32,33)29-14-6-5-7-15-29/h8-13,16H,5-7,14-15,17H2,1-4H3,(H,27,31). The van der Waals surface area contributed by atoms with Gasteiger partial charge in [-0.25, -0.2) is 8.42 Å². The minimum atomic E-state index is -3.56. The molecule has 186 valence electrons. The predicted molar refractivity (Wildman–Crippen MR) is 136 cm³/mol. The Bertz CT molecular complexity index is 1320. The monoisotopic (exact) mass is 496 g/mol. The van der Waals surface area contributed by atoms with Crippen molar-refractivity contribution >= 4 is 21.6 Å². The summed E-state index contributed by atoms with van der Waals surface area (Å²) in [6, 6.07) is 12.8. The zero-order chi connectivity index (χ0) is 25.2. The summed E-state index contributed by atoms with van der Waals surface area (Å²) in [5.74, 6) is 0.534. The lowest BCUT2D eigenvalue weighted by molar-refractivity contribution is 0.102. The number of rotatable bonds is 7. The lowest BCUT2D eigenvalue weighted by Gasteiger charge is -2.26. The quantitative estimate of drug-likeness (QED) is 0.527. The van der Waals surface area contributed by atoms with Crippen LogP contribution in [0.1, 0.15) is 52.1 Å². The minimum Gasteiger partial charge on any atom is -0.497 e. The Morgan fingerprint density at radius 2 is 1.71 bits per heavy atom. The smallest absolute Gasteiger partial charge is 0.255 e. The van der Waals surface area contributed by atoms with Crippen molar-refractivity contribution in [2.24, 2.45) is 0 Å². The molecule has 9 heteroatoms. The first kappa shape index (κ1) is 24.9. The van der Waals surface area contributed by atoms with Gasteiger partial charge in [-0.3, -0.25) is 9.48 Å². The van der Waals surface area contributed by atoms with Gasteiger partial charge >= 0.3 is 0 Å². The highest BCUT2D eigenvalue weighted by molar-refractivity contribution is 7.89. The van der Waals surface area contributed by atoms with Crippen LogP contribution in [0.3, 0.4) is 0 Å². The maximum absolute atomic E-state index is 13.2. The van der Waals surface area contributed by atoms with Crippen molar-refractivity contribution in [3.8, 4) is 5.75 Å². The van der Waals surface area contributed by atoms with Crippen LogP contribution in [-0.4, -0.2) is 48.6 Å². The summed E-state index contributed by atoms with van der Waals surface area (Å²) < 4.78 is 35.0. The van der Waals surface area contributed by atoms with E-state index >= 15 is 0 Å². The predicted octanol–water partition coefficient (Wildman–Crippen LogP) is 4.29. The highest BCUT2D eigenvalue weighted by Gasteiger charge is 2.31. The fourth-order valence-corrected chi connectivity index (χ4v) is 6.36. The number of amides is 1. The van der Waals surface area contributed by atoms with Crippen LogP contribution in [-0.2, 0) is 16.6 Å². The van der Waals surface area contributed by atoms with Gasteiger partial charge in [-0.15, -0.1) is 0 Å². The Hall–Kier alpha value is -3.17. The van der Waals surface area contributed by atoms with Crippen molar-refractivity contribution < 1.29 is 17.9 Å². The van der Waals surface area contributed by atoms with Crippen LogP contribution >= 0.6 is 0 Å². The maximum Gasteiger partial charge on any atom is 0.255 e. The Balaban J connectivity index is 1.48. The third-order valence-electron chi connectivity index (χ3n) is 6.46. The van der Waals surface area contributed by atoms with Gasteiger partial charge in [-0.05, 0) is 75.1 Å². The molecule has 1 amide bonds. The topological polar surface area (TPSA) is 93.5 Å². The Kier molecular flexibility index (Phi) is 7.28. The first-order chi connectivity index (χ1) is 16.7. The number of nitrogens with one attached hydrogen (secondary N) is 1. The molecule has 1 N–H and O–H groups in total. The summed E-state index contributed by atoms with van der Waals surface area (Å²) in [6.45, 7) is 7.00. The van der Waals surface area contributed by atoms with E-state index in [4.69, 9.17) is 4.74 Å². The molecule has 8 nitrogen and oxygen atoms in total. The summed E-state index contributed by atoms with van der Waals surface area (Å²) in [4.78, 5) is 13.0. The van der Waals surface area contributed by atoms with Gasteiger partial charge < -0.3 is 10.1 Å². The van der Waals surface area contributed by atoms with Crippen LogP contribution < -0.4 is 10.1 Å². The minimum absolute atomic E-state index is 0.203. The molecule has 2 aromatic carbocycles. The van der Waals surface area contributed by atoms with E-state index in [0.717, 1.165) is 41.8 Å². The van der Waals surface area contributed by atoms with Gasteiger partial charge in [0.15, 0.2) is 0 Å². The molecular formula is C26H32N4O4S. The molecule has 0 radical (unpaired) electrons. The van der Waals surface area contributed by atoms with Crippen LogP contribution in [0, 0.1) is 20.8 Å². The van der Waals surface area contributed by atoms with Gasteiger partial charge in [0.2, 0.25) is 10.0 Å². The van der Waals surface area contributed by atoms with Gasteiger partial charge in [0.1, 0.15) is 10.6 Å². The van der Waals surface area contributed by atoms with Crippen molar-refractivity contribution in [1.29, 1.82) is 0 Å². The second-order valence-corrected chi connectivity index (χ2v) is 10.8. The van der Waals surface area contributed by atoms with Crippen LogP contribution in [0.25, 0.3) is 0 Å².